The highest BCUT2D eigenvalue weighted by Crippen LogP contribution is 2.35. The predicted octanol–water partition coefficient (Wildman–Crippen LogP) is 5.45. The summed E-state index contributed by atoms with van der Waals surface area (Å²) in [6.45, 7) is 1.96. The molecule has 3 nitrogen and oxygen atoms in total. The van der Waals surface area contributed by atoms with Gasteiger partial charge in [0.1, 0.15) is 5.75 Å². The summed E-state index contributed by atoms with van der Waals surface area (Å²) in [6.07, 6.45) is 0.217. The second-order valence-corrected chi connectivity index (χ2v) is 7.01. The highest BCUT2D eigenvalue weighted by molar-refractivity contribution is 6.30. The first-order valence-electron chi connectivity index (χ1n) is 8.92. The smallest absolute Gasteiger partial charge is 0.221 e. The second-order valence-electron chi connectivity index (χ2n) is 6.57. The molecule has 27 heavy (non-hydrogen) atoms. The first kappa shape index (κ1) is 19.0. The highest BCUT2D eigenvalue weighted by Gasteiger charge is 2.22. The second kappa shape index (κ2) is 8.74. The molecule has 2 N–H and O–H groups in total. The summed E-state index contributed by atoms with van der Waals surface area (Å²) in [5.74, 6) is -0.232. The quantitative estimate of drug-likeness (QED) is 0.598. The molecule has 138 valence electrons. The molecular weight excluding hydrogens is 358 g/mol. The van der Waals surface area contributed by atoms with Gasteiger partial charge in [0.05, 0.1) is 6.04 Å². The van der Waals surface area contributed by atoms with Crippen LogP contribution in [-0.2, 0) is 4.79 Å². The molecule has 4 heteroatoms. The van der Waals surface area contributed by atoms with Gasteiger partial charge >= 0.3 is 0 Å². The van der Waals surface area contributed by atoms with E-state index >= 15 is 0 Å². The number of phenolic OH excluding ortho intramolecular Hbond substituents is 1. The van der Waals surface area contributed by atoms with Crippen LogP contribution in [0.3, 0.4) is 0 Å². The van der Waals surface area contributed by atoms with Gasteiger partial charge in [-0.1, -0.05) is 72.3 Å². The van der Waals surface area contributed by atoms with Crippen molar-refractivity contribution in [2.45, 2.75) is 25.3 Å². The van der Waals surface area contributed by atoms with Gasteiger partial charge in [-0.2, -0.15) is 0 Å². The Kier molecular flexibility index (Phi) is 6.15. The van der Waals surface area contributed by atoms with Gasteiger partial charge in [0.25, 0.3) is 0 Å². The molecule has 0 fully saturated rings. The molecule has 0 radical (unpaired) electrons. The maximum absolute atomic E-state index is 12.8. The van der Waals surface area contributed by atoms with E-state index < -0.39 is 0 Å². The lowest BCUT2D eigenvalue weighted by molar-refractivity contribution is -0.121. The maximum atomic E-state index is 12.8. The first-order chi connectivity index (χ1) is 13.0. The van der Waals surface area contributed by atoms with Gasteiger partial charge in [0.15, 0.2) is 0 Å². The summed E-state index contributed by atoms with van der Waals surface area (Å²) in [5, 5.41) is 13.9. The summed E-state index contributed by atoms with van der Waals surface area (Å²) in [7, 11) is 0. The fourth-order valence-corrected chi connectivity index (χ4v) is 3.39. The Morgan fingerprint density at radius 2 is 1.56 bits per heavy atom. The average molecular weight is 380 g/mol. The molecule has 0 aliphatic heterocycles. The minimum absolute atomic E-state index is 0.0837. The zero-order chi connectivity index (χ0) is 19.2. The standard InChI is InChI=1S/C23H22ClNO2/c1-16(17-8-4-2-5-9-17)25-23(27)15-20(18-10-6-3-7-11-18)21-14-19(24)12-13-22(21)26/h2-14,16,20,26H,15H2,1H3,(H,25,27)/t16-,20-/m1/s1. The summed E-state index contributed by atoms with van der Waals surface area (Å²) >= 11 is 6.14. The fraction of sp³-hybridized carbons (Fsp3) is 0.174. The van der Waals surface area contributed by atoms with E-state index in [0.717, 1.165) is 11.1 Å². The van der Waals surface area contributed by atoms with E-state index in [1.54, 1.807) is 18.2 Å². The van der Waals surface area contributed by atoms with Gasteiger partial charge in [-0.3, -0.25) is 4.79 Å². The zero-order valence-electron chi connectivity index (χ0n) is 15.1. The molecule has 0 spiro atoms. The van der Waals surface area contributed by atoms with Crippen molar-refractivity contribution >= 4 is 17.5 Å². The Bertz CT molecular complexity index is 897. The Hall–Kier alpha value is -2.78. The zero-order valence-corrected chi connectivity index (χ0v) is 15.9. The molecule has 3 aromatic rings. The van der Waals surface area contributed by atoms with Gasteiger partial charge in [-0.15, -0.1) is 0 Å². The minimum atomic E-state index is -0.284. The number of carbonyl (C=O) groups excluding carboxylic acids is 1. The van der Waals surface area contributed by atoms with Crippen LogP contribution in [0.2, 0.25) is 5.02 Å². The Balaban J connectivity index is 1.83. The molecule has 0 unspecified atom stereocenters. The number of rotatable bonds is 6. The number of aromatic hydroxyl groups is 1. The minimum Gasteiger partial charge on any atom is -0.508 e. The van der Waals surface area contributed by atoms with Crippen molar-refractivity contribution in [1.82, 2.24) is 5.32 Å². The summed E-state index contributed by atoms with van der Waals surface area (Å²) in [5.41, 5.74) is 2.65. The van der Waals surface area contributed by atoms with Crippen molar-refractivity contribution in [3.8, 4) is 5.75 Å². The average Bonchev–Trinajstić information content (AvgIpc) is 2.69. The lowest BCUT2D eigenvalue weighted by Gasteiger charge is -2.21. The number of nitrogens with one attached hydrogen (secondary N) is 1. The SMILES string of the molecule is C[C@@H](NC(=O)C[C@H](c1ccccc1)c1cc(Cl)ccc1O)c1ccccc1. The number of carbonyl (C=O) groups is 1. The summed E-state index contributed by atoms with van der Waals surface area (Å²) < 4.78 is 0. The Morgan fingerprint density at radius 3 is 2.19 bits per heavy atom. The lowest BCUT2D eigenvalue weighted by atomic mass is 9.87. The molecule has 1 amide bonds. The third-order valence-corrected chi connectivity index (χ3v) is 4.87. The van der Waals surface area contributed by atoms with Crippen molar-refractivity contribution in [2.75, 3.05) is 0 Å². The van der Waals surface area contributed by atoms with Gasteiger partial charge in [-0.25, -0.2) is 0 Å². The van der Waals surface area contributed by atoms with Crippen LogP contribution >= 0.6 is 11.6 Å². The number of benzene rings is 3. The van der Waals surface area contributed by atoms with Crippen molar-refractivity contribution in [3.63, 3.8) is 0 Å². The van der Waals surface area contributed by atoms with Crippen LogP contribution in [0.4, 0.5) is 0 Å². The normalized spacial score (nSPS) is 13.0. The third-order valence-electron chi connectivity index (χ3n) is 4.63. The number of halogens is 1. The highest BCUT2D eigenvalue weighted by atomic mass is 35.5. The number of phenols is 1. The van der Waals surface area contributed by atoms with E-state index in [9.17, 15) is 9.90 Å². The van der Waals surface area contributed by atoms with Crippen molar-refractivity contribution < 1.29 is 9.90 Å². The third kappa shape index (κ3) is 4.89. The molecule has 2 atom stereocenters. The molecule has 3 rings (SSSR count). The predicted molar refractivity (Wildman–Crippen MR) is 109 cm³/mol. The number of hydrogen-bond acceptors (Lipinski definition) is 2. The molecule has 3 aromatic carbocycles. The lowest BCUT2D eigenvalue weighted by Crippen LogP contribution is -2.28. The Morgan fingerprint density at radius 1 is 0.963 bits per heavy atom. The van der Waals surface area contributed by atoms with Crippen LogP contribution in [0.15, 0.2) is 78.9 Å². The van der Waals surface area contributed by atoms with Gasteiger partial charge < -0.3 is 10.4 Å². The molecule has 0 saturated heterocycles. The van der Waals surface area contributed by atoms with Crippen molar-refractivity contribution in [2.24, 2.45) is 0 Å². The first-order valence-corrected chi connectivity index (χ1v) is 9.30. The van der Waals surface area contributed by atoms with Crippen LogP contribution in [0.1, 0.15) is 42.0 Å². The molecule has 0 aliphatic carbocycles. The maximum Gasteiger partial charge on any atom is 0.221 e. The van der Waals surface area contributed by atoms with Gasteiger partial charge in [0.2, 0.25) is 5.91 Å². The summed E-state index contributed by atoms with van der Waals surface area (Å²) in [4.78, 5) is 12.8. The Labute approximate surface area is 164 Å². The monoisotopic (exact) mass is 379 g/mol. The van der Waals surface area contributed by atoms with E-state index in [-0.39, 0.29) is 30.0 Å². The van der Waals surface area contributed by atoms with Crippen LogP contribution in [-0.4, -0.2) is 11.0 Å². The molecule has 0 bridgehead atoms. The number of amides is 1. The van der Waals surface area contributed by atoms with E-state index in [0.29, 0.717) is 10.6 Å². The van der Waals surface area contributed by atoms with Gasteiger partial charge in [0, 0.05) is 22.9 Å². The van der Waals surface area contributed by atoms with Crippen molar-refractivity contribution in [3.05, 3.63) is 101 Å². The van der Waals surface area contributed by atoms with Crippen LogP contribution in [0.25, 0.3) is 0 Å². The van der Waals surface area contributed by atoms with Crippen LogP contribution in [0.5, 0.6) is 5.75 Å². The number of hydrogen-bond donors (Lipinski definition) is 2. The largest absolute Gasteiger partial charge is 0.508 e. The van der Waals surface area contributed by atoms with Crippen molar-refractivity contribution in [1.29, 1.82) is 0 Å². The molecule has 0 saturated carbocycles. The van der Waals surface area contributed by atoms with E-state index in [2.05, 4.69) is 5.32 Å². The van der Waals surface area contributed by atoms with Gasteiger partial charge in [-0.05, 0) is 36.2 Å². The van der Waals surface area contributed by atoms with E-state index in [1.807, 2.05) is 67.6 Å². The molecule has 0 aliphatic rings. The fourth-order valence-electron chi connectivity index (χ4n) is 3.21. The topological polar surface area (TPSA) is 49.3 Å². The molecular formula is C23H22ClNO2. The summed E-state index contributed by atoms with van der Waals surface area (Å²) in [6, 6.07) is 24.4. The van der Waals surface area contributed by atoms with Crippen LogP contribution < -0.4 is 5.32 Å². The van der Waals surface area contributed by atoms with Crippen LogP contribution in [0, 0.1) is 0 Å². The molecule has 0 heterocycles. The van der Waals surface area contributed by atoms with E-state index in [1.165, 1.54) is 0 Å². The van der Waals surface area contributed by atoms with E-state index in [4.69, 9.17) is 11.6 Å². The molecule has 0 aromatic heterocycles.